The van der Waals surface area contributed by atoms with Crippen molar-refractivity contribution in [2.75, 3.05) is 0 Å². The van der Waals surface area contributed by atoms with Gasteiger partial charge in [-0.15, -0.1) is 0 Å². The molecule has 4 aromatic rings. The molecular formula is C27H23F2N3O3S. The Morgan fingerprint density at radius 3 is 2.75 bits per heavy atom. The SMILES string of the molecule is C=Cc1cccc2c1ccn2S(=O)(=O)C1(C)CC=CC(Oc2ccc(F)c(-c3[nH]ncc3C)c2)=C1F. The van der Waals surface area contributed by atoms with Gasteiger partial charge in [-0.3, -0.25) is 5.10 Å². The Kier molecular flexibility index (Phi) is 5.67. The lowest BCUT2D eigenvalue weighted by Crippen LogP contribution is -2.41. The van der Waals surface area contributed by atoms with Crippen LogP contribution in [0.1, 0.15) is 24.5 Å². The Morgan fingerprint density at radius 2 is 2.03 bits per heavy atom. The van der Waals surface area contributed by atoms with E-state index in [4.69, 9.17) is 4.74 Å². The largest absolute Gasteiger partial charge is 0.455 e. The number of hydrogen-bond donors (Lipinski definition) is 1. The summed E-state index contributed by atoms with van der Waals surface area (Å²) in [6.07, 6.45) is 7.48. The van der Waals surface area contributed by atoms with Crippen LogP contribution >= 0.6 is 0 Å². The number of benzene rings is 2. The topological polar surface area (TPSA) is 77.0 Å². The molecule has 9 heteroatoms. The molecule has 0 radical (unpaired) electrons. The number of hydrogen-bond acceptors (Lipinski definition) is 4. The Balaban J connectivity index is 1.55. The number of fused-ring (bicyclic) bond motifs is 1. The molecule has 0 amide bonds. The first kappa shape index (κ1) is 23.7. The monoisotopic (exact) mass is 507 g/mol. The molecule has 2 aromatic carbocycles. The highest BCUT2D eigenvalue weighted by molar-refractivity contribution is 7.91. The molecule has 6 nitrogen and oxygen atoms in total. The molecule has 1 aliphatic carbocycles. The number of rotatable bonds is 6. The molecular weight excluding hydrogens is 484 g/mol. The van der Waals surface area contributed by atoms with Crippen molar-refractivity contribution in [2.45, 2.75) is 25.0 Å². The summed E-state index contributed by atoms with van der Waals surface area (Å²) in [5.74, 6) is -1.54. The molecule has 0 saturated heterocycles. The highest BCUT2D eigenvalue weighted by Gasteiger charge is 2.47. The second-order valence-electron chi connectivity index (χ2n) is 8.79. The second-order valence-corrected chi connectivity index (χ2v) is 11.0. The van der Waals surface area contributed by atoms with E-state index in [1.54, 1.807) is 43.5 Å². The minimum Gasteiger partial charge on any atom is -0.455 e. The first-order chi connectivity index (χ1) is 17.2. The Bertz CT molecular complexity index is 1680. The van der Waals surface area contributed by atoms with E-state index in [1.807, 2.05) is 6.07 Å². The van der Waals surface area contributed by atoms with E-state index in [0.29, 0.717) is 16.6 Å². The molecule has 2 aromatic heterocycles. The first-order valence-electron chi connectivity index (χ1n) is 11.2. The maximum absolute atomic E-state index is 15.9. The quantitative estimate of drug-likeness (QED) is 0.333. The molecule has 0 bridgehead atoms. The van der Waals surface area contributed by atoms with Crippen molar-refractivity contribution in [3.63, 3.8) is 0 Å². The van der Waals surface area contributed by atoms with Crippen LogP contribution in [-0.2, 0) is 10.0 Å². The minimum atomic E-state index is -4.26. The van der Waals surface area contributed by atoms with Crippen molar-refractivity contribution in [1.29, 1.82) is 0 Å². The van der Waals surface area contributed by atoms with Gasteiger partial charge >= 0.3 is 0 Å². The number of allylic oxidation sites excluding steroid dienone is 2. The van der Waals surface area contributed by atoms with E-state index >= 15 is 4.39 Å². The molecule has 0 aliphatic heterocycles. The molecule has 36 heavy (non-hydrogen) atoms. The lowest BCUT2D eigenvalue weighted by molar-refractivity contribution is 0.376. The summed E-state index contributed by atoms with van der Waals surface area (Å²) in [6, 6.07) is 10.9. The van der Waals surface area contributed by atoms with Crippen LogP contribution in [-0.4, -0.2) is 27.3 Å². The van der Waals surface area contributed by atoms with Gasteiger partial charge in [0, 0.05) is 17.1 Å². The Morgan fingerprint density at radius 1 is 1.22 bits per heavy atom. The van der Waals surface area contributed by atoms with Gasteiger partial charge < -0.3 is 4.74 Å². The number of H-pyrrole nitrogens is 1. The van der Waals surface area contributed by atoms with Gasteiger partial charge in [0.25, 0.3) is 10.0 Å². The standard InChI is InChI=1S/C27H23F2N3O3S/c1-4-18-7-5-8-23-20(18)12-14-32(23)36(33,34)27(3)13-6-9-24(26(27)29)35-19-10-11-22(28)21(15-19)25-17(2)16-30-31-25/h4-12,14-16H,1,13H2,2-3H3,(H,30,31). The fraction of sp³-hybridized carbons (Fsp3) is 0.148. The zero-order valence-electron chi connectivity index (χ0n) is 19.6. The number of aromatic amines is 1. The fourth-order valence-electron chi connectivity index (χ4n) is 4.39. The summed E-state index contributed by atoms with van der Waals surface area (Å²) in [4.78, 5) is 0. The molecule has 5 rings (SSSR count). The van der Waals surface area contributed by atoms with Gasteiger partial charge in [-0.25, -0.2) is 21.2 Å². The molecule has 0 spiro atoms. The van der Waals surface area contributed by atoms with E-state index < -0.39 is 26.4 Å². The zero-order chi connectivity index (χ0) is 25.7. The molecule has 1 N–H and O–H groups in total. The van der Waals surface area contributed by atoms with Gasteiger partial charge in [-0.2, -0.15) is 5.10 Å². The number of aromatic nitrogens is 3. The summed E-state index contributed by atoms with van der Waals surface area (Å²) in [6.45, 7) is 6.88. The van der Waals surface area contributed by atoms with Crippen LogP contribution in [0.4, 0.5) is 8.78 Å². The molecule has 0 saturated carbocycles. The van der Waals surface area contributed by atoms with Crippen LogP contribution in [0.5, 0.6) is 5.75 Å². The highest BCUT2D eigenvalue weighted by Crippen LogP contribution is 2.41. The van der Waals surface area contributed by atoms with Crippen LogP contribution in [0.15, 0.2) is 85.2 Å². The maximum atomic E-state index is 15.9. The second kappa shape index (κ2) is 8.60. The Hall–Kier alpha value is -3.98. The smallest absolute Gasteiger partial charge is 0.251 e. The average molecular weight is 508 g/mol. The van der Waals surface area contributed by atoms with Gasteiger partial charge in [-0.1, -0.05) is 30.9 Å². The average Bonchev–Trinajstić information content (AvgIpc) is 3.49. The summed E-state index contributed by atoms with van der Waals surface area (Å²) in [5, 5.41) is 7.35. The van der Waals surface area contributed by atoms with Gasteiger partial charge in [0.05, 0.1) is 17.4 Å². The number of halogens is 2. The van der Waals surface area contributed by atoms with Crippen LogP contribution in [0.25, 0.3) is 28.2 Å². The van der Waals surface area contributed by atoms with Crippen LogP contribution in [0.3, 0.4) is 0 Å². The lowest BCUT2D eigenvalue weighted by Gasteiger charge is -2.30. The predicted molar refractivity (Wildman–Crippen MR) is 136 cm³/mol. The Labute approximate surface area is 207 Å². The number of ether oxygens (including phenoxy) is 1. The third-order valence-corrected chi connectivity index (χ3v) is 8.82. The van der Waals surface area contributed by atoms with Crippen molar-refractivity contribution in [2.24, 2.45) is 0 Å². The van der Waals surface area contributed by atoms with Crippen molar-refractivity contribution < 1.29 is 21.9 Å². The maximum Gasteiger partial charge on any atom is 0.251 e. The molecule has 184 valence electrons. The van der Waals surface area contributed by atoms with Crippen molar-refractivity contribution in [3.8, 4) is 17.0 Å². The first-order valence-corrected chi connectivity index (χ1v) is 12.6. The van der Waals surface area contributed by atoms with E-state index in [9.17, 15) is 12.8 Å². The highest BCUT2D eigenvalue weighted by atomic mass is 32.2. The molecule has 1 unspecified atom stereocenters. The zero-order valence-corrected chi connectivity index (χ0v) is 20.4. The molecule has 0 fully saturated rings. The normalized spacial score (nSPS) is 18.1. The lowest BCUT2D eigenvalue weighted by atomic mass is 9.99. The summed E-state index contributed by atoms with van der Waals surface area (Å²) >= 11 is 0. The van der Waals surface area contributed by atoms with Gasteiger partial charge in [0.15, 0.2) is 11.6 Å². The van der Waals surface area contributed by atoms with Crippen LogP contribution in [0, 0.1) is 12.7 Å². The molecule has 1 aliphatic rings. The van der Waals surface area contributed by atoms with Gasteiger partial charge in [-0.05, 0) is 67.8 Å². The number of aryl methyl sites for hydroxylation is 1. The summed E-state index contributed by atoms with van der Waals surface area (Å²) < 4.78 is 63.0. The van der Waals surface area contributed by atoms with Gasteiger partial charge in [0.1, 0.15) is 16.3 Å². The van der Waals surface area contributed by atoms with Gasteiger partial charge in [0.2, 0.25) is 0 Å². The number of nitrogens with zero attached hydrogens (tertiary/aromatic N) is 2. The van der Waals surface area contributed by atoms with Crippen molar-refractivity contribution in [3.05, 3.63) is 102 Å². The minimum absolute atomic E-state index is 0.0865. The molecule has 2 heterocycles. The summed E-state index contributed by atoms with van der Waals surface area (Å²) in [5.41, 5.74) is 2.60. The van der Waals surface area contributed by atoms with Crippen molar-refractivity contribution >= 4 is 27.0 Å². The van der Waals surface area contributed by atoms with E-state index in [-0.39, 0.29) is 23.5 Å². The van der Waals surface area contributed by atoms with Crippen LogP contribution in [0.2, 0.25) is 0 Å². The fourth-order valence-corrected chi connectivity index (χ4v) is 6.10. The predicted octanol–water partition coefficient (Wildman–Crippen LogP) is 6.28. The third-order valence-electron chi connectivity index (χ3n) is 6.50. The van der Waals surface area contributed by atoms with E-state index in [0.717, 1.165) is 15.1 Å². The third kappa shape index (κ3) is 3.58. The van der Waals surface area contributed by atoms with E-state index in [1.165, 1.54) is 37.4 Å². The molecule has 1 atom stereocenters. The van der Waals surface area contributed by atoms with Crippen LogP contribution < -0.4 is 4.74 Å². The van der Waals surface area contributed by atoms with E-state index in [2.05, 4.69) is 16.8 Å². The number of nitrogens with one attached hydrogen (secondary N) is 1. The van der Waals surface area contributed by atoms with Crippen molar-refractivity contribution in [1.82, 2.24) is 14.2 Å². The summed E-state index contributed by atoms with van der Waals surface area (Å²) in [7, 11) is -4.26.